The van der Waals surface area contributed by atoms with Crippen molar-refractivity contribution in [2.24, 2.45) is 0 Å². The number of aromatic nitrogens is 2. The SMILES string of the molecule is CCCCCCCCCCOc1ccc(-c2cnc(CCCCOCCOCC)nc2)cc1. The first kappa shape index (κ1) is 27.3. The molecule has 1 heterocycles. The smallest absolute Gasteiger partial charge is 0.128 e. The molecular formula is C28H44N2O3. The molecule has 0 spiro atoms. The molecule has 33 heavy (non-hydrogen) atoms. The van der Waals surface area contributed by atoms with Crippen molar-refractivity contribution < 1.29 is 14.2 Å². The summed E-state index contributed by atoms with van der Waals surface area (Å²) in [7, 11) is 0. The predicted molar refractivity (Wildman–Crippen MR) is 136 cm³/mol. The highest BCUT2D eigenvalue weighted by molar-refractivity contribution is 5.62. The molecule has 184 valence electrons. The molecule has 0 aliphatic carbocycles. The van der Waals surface area contributed by atoms with Crippen molar-refractivity contribution in [3.8, 4) is 16.9 Å². The zero-order valence-electron chi connectivity index (χ0n) is 20.9. The molecule has 2 rings (SSSR count). The van der Waals surface area contributed by atoms with E-state index < -0.39 is 0 Å². The van der Waals surface area contributed by atoms with E-state index in [9.17, 15) is 0 Å². The van der Waals surface area contributed by atoms with Crippen molar-refractivity contribution in [1.29, 1.82) is 0 Å². The van der Waals surface area contributed by atoms with Crippen molar-refractivity contribution in [2.45, 2.75) is 84.5 Å². The summed E-state index contributed by atoms with van der Waals surface area (Å²) in [6, 6.07) is 8.25. The molecule has 2 aromatic rings. The topological polar surface area (TPSA) is 53.5 Å². The van der Waals surface area contributed by atoms with Gasteiger partial charge in [-0.05, 0) is 43.9 Å². The Kier molecular flexibility index (Phi) is 15.2. The van der Waals surface area contributed by atoms with E-state index in [-0.39, 0.29) is 0 Å². The van der Waals surface area contributed by atoms with Crippen LogP contribution in [0.1, 0.15) is 83.9 Å². The highest BCUT2D eigenvalue weighted by Gasteiger charge is 2.03. The lowest BCUT2D eigenvalue weighted by molar-refractivity contribution is 0.0514. The molecule has 1 aromatic heterocycles. The van der Waals surface area contributed by atoms with E-state index >= 15 is 0 Å². The van der Waals surface area contributed by atoms with Gasteiger partial charge in [0.2, 0.25) is 0 Å². The number of nitrogens with zero attached hydrogens (tertiary/aromatic N) is 2. The minimum absolute atomic E-state index is 0.669. The van der Waals surface area contributed by atoms with Crippen LogP contribution in [-0.4, -0.2) is 43.0 Å². The van der Waals surface area contributed by atoms with Gasteiger partial charge in [-0.1, -0.05) is 64.0 Å². The Hall–Kier alpha value is -1.98. The maximum atomic E-state index is 5.90. The van der Waals surface area contributed by atoms with Gasteiger partial charge in [-0.3, -0.25) is 0 Å². The Bertz CT molecular complexity index is 704. The van der Waals surface area contributed by atoms with Gasteiger partial charge in [0.05, 0.1) is 19.8 Å². The third-order valence-corrected chi connectivity index (χ3v) is 5.67. The fourth-order valence-corrected chi connectivity index (χ4v) is 3.65. The van der Waals surface area contributed by atoms with Crippen LogP contribution in [0.25, 0.3) is 11.1 Å². The Morgan fingerprint density at radius 3 is 1.94 bits per heavy atom. The molecule has 0 saturated heterocycles. The lowest BCUT2D eigenvalue weighted by atomic mass is 10.1. The lowest BCUT2D eigenvalue weighted by Crippen LogP contribution is -2.05. The number of benzene rings is 1. The Morgan fingerprint density at radius 2 is 1.24 bits per heavy atom. The zero-order chi connectivity index (χ0) is 23.4. The van der Waals surface area contributed by atoms with Crippen LogP contribution in [0.2, 0.25) is 0 Å². The van der Waals surface area contributed by atoms with Crippen molar-refractivity contribution in [2.75, 3.05) is 33.0 Å². The number of rotatable bonds is 20. The standard InChI is InChI=1S/C28H44N2O3/c1-3-5-6-7-8-9-10-12-20-33-27-17-15-25(16-18-27)26-23-29-28(30-24-26)14-11-13-19-32-22-21-31-4-2/h15-18,23-24H,3-14,19-22H2,1-2H3. The minimum Gasteiger partial charge on any atom is -0.494 e. The van der Waals surface area contributed by atoms with E-state index in [2.05, 4.69) is 29.0 Å². The molecule has 0 fully saturated rings. The van der Waals surface area contributed by atoms with Crippen LogP contribution in [0.5, 0.6) is 5.75 Å². The summed E-state index contributed by atoms with van der Waals surface area (Å²) in [5.74, 6) is 1.82. The predicted octanol–water partition coefficient (Wildman–Crippen LogP) is 7.04. The van der Waals surface area contributed by atoms with Gasteiger partial charge in [-0.15, -0.1) is 0 Å². The highest BCUT2D eigenvalue weighted by atomic mass is 16.5. The summed E-state index contributed by atoms with van der Waals surface area (Å²) >= 11 is 0. The van der Waals surface area contributed by atoms with Crippen LogP contribution in [-0.2, 0) is 15.9 Å². The third kappa shape index (κ3) is 12.7. The van der Waals surface area contributed by atoms with Crippen LogP contribution in [0.15, 0.2) is 36.7 Å². The molecule has 0 N–H and O–H groups in total. The first-order valence-electron chi connectivity index (χ1n) is 13.0. The number of aryl methyl sites for hydroxylation is 1. The fraction of sp³-hybridized carbons (Fsp3) is 0.643. The molecule has 0 radical (unpaired) electrons. The van der Waals surface area contributed by atoms with E-state index in [1.54, 1.807) is 0 Å². The van der Waals surface area contributed by atoms with Crippen LogP contribution in [0, 0.1) is 0 Å². The summed E-state index contributed by atoms with van der Waals surface area (Å²) in [5, 5.41) is 0. The number of unbranched alkanes of at least 4 members (excludes halogenated alkanes) is 8. The highest BCUT2D eigenvalue weighted by Crippen LogP contribution is 2.21. The molecule has 0 unspecified atom stereocenters. The van der Waals surface area contributed by atoms with Crippen molar-refractivity contribution >= 4 is 0 Å². The van der Waals surface area contributed by atoms with E-state index in [4.69, 9.17) is 14.2 Å². The Balaban J connectivity index is 1.59. The molecule has 0 bridgehead atoms. The van der Waals surface area contributed by atoms with Gasteiger partial charge >= 0.3 is 0 Å². The number of hydrogen-bond acceptors (Lipinski definition) is 5. The Morgan fingerprint density at radius 1 is 0.606 bits per heavy atom. The average molecular weight is 457 g/mol. The van der Waals surface area contributed by atoms with Crippen LogP contribution >= 0.6 is 0 Å². The fourth-order valence-electron chi connectivity index (χ4n) is 3.65. The molecule has 0 saturated carbocycles. The second-order valence-corrected chi connectivity index (χ2v) is 8.50. The molecule has 5 heteroatoms. The summed E-state index contributed by atoms with van der Waals surface area (Å²) in [6.45, 7) is 7.90. The molecule has 0 aliphatic heterocycles. The minimum atomic E-state index is 0.669. The second-order valence-electron chi connectivity index (χ2n) is 8.50. The van der Waals surface area contributed by atoms with Crippen LogP contribution in [0.3, 0.4) is 0 Å². The lowest BCUT2D eigenvalue weighted by Gasteiger charge is -2.08. The first-order chi connectivity index (χ1) is 16.3. The van der Waals surface area contributed by atoms with E-state index in [1.165, 1.54) is 44.9 Å². The maximum Gasteiger partial charge on any atom is 0.128 e. The van der Waals surface area contributed by atoms with Gasteiger partial charge < -0.3 is 14.2 Å². The normalized spacial score (nSPS) is 11.1. The number of ether oxygens (including phenoxy) is 3. The molecule has 0 atom stereocenters. The third-order valence-electron chi connectivity index (χ3n) is 5.67. The largest absolute Gasteiger partial charge is 0.494 e. The van der Waals surface area contributed by atoms with Crippen molar-refractivity contribution in [3.63, 3.8) is 0 Å². The summed E-state index contributed by atoms with van der Waals surface area (Å²) in [4.78, 5) is 9.07. The quantitative estimate of drug-likeness (QED) is 0.200. The van der Waals surface area contributed by atoms with E-state index in [0.717, 1.165) is 68.2 Å². The van der Waals surface area contributed by atoms with Gasteiger partial charge in [-0.2, -0.15) is 0 Å². The molecular weight excluding hydrogens is 412 g/mol. The summed E-state index contributed by atoms with van der Waals surface area (Å²) in [6.07, 6.45) is 17.3. The maximum absolute atomic E-state index is 5.90. The van der Waals surface area contributed by atoms with Crippen LogP contribution < -0.4 is 4.74 Å². The van der Waals surface area contributed by atoms with Gasteiger partial charge in [0.15, 0.2) is 0 Å². The summed E-state index contributed by atoms with van der Waals surface area (Å²) < 4.78 is 16.7. The van der Waals surface area contributed by atoms with Crippen LogP contribution in [0.4, 0.5) is 0 Å². The van der Waals surface area contributed by atoms with Gasteiger partial charge in [0, 0.05) is 37.6 Å². The van der Waals surface area contributed by atoms with E-state index in [0.29, 0.717) is 13.2 Å². The van der Waals surface area contributed by atoms with Gasteiger partial charge in [0.25, 0.3) is 0 Å². The van der Waals surface area contributed by atoms with Gasteiger partial charge in [-0.25, -0.2) is 9.97 Å². The average Bonchev–Trinajstić information content (AvgIpc) is 2.85. The molecule has 5 nitrogen and oxygen atoms in total. The molecule has 1 aromatic carbocycles. The van der Waals surface area contributed by atoms with Gasteiger partial charge in [0.1, 0.15) is 11.6 Å². The zero-order valence-corrected chi connectivity index (χ0v) is 20.9. The summed E-state index contributed by atoms with van der Waals surface area (Å²) in [5.41, 5.74) is 2.15. The van der Waals surface area contributed by atoms with Crippen molar-refractivity contribution in [1.82, 2.24) is 9.97 Å². The molecule has 0 aliphatic rings. The number of hydrogen-bond donors (Lipinski definition) is 0. The van der Waals surface area contributed by atoms with Crippen molar-refractivity contribution in [3.05, 3.63) is 42.5 Å². The Labute approximate surface area is 201 Å². The second kappa shape index (κ2) is 18.4. The monoisotopic (exact) mass is 456 g/mol. The first-order valence-corrected chi connectivity index (χ1v) is 13.0. The molecule has 0 amide bonds. The van der Waals surface area contributed by atoms with E-state index in [1.807, 2.05) is 31.5 Å².